The number of carbonyl (C=O) groups excluding carboxylic acids is 1. The molecule has 0 aliphatic carbocycles. The van der Waals surface area contributed by atoms with Gasteiger partial charge < -0.3 is 14.4 Å². The van der Waals surface area contributed by atoms with E-state index >= 15 is 0 Å². The van der Waals surface area contributed by atoms with Crippen LogP contribution < -0.4 is 5.69 Å². The molecule has 12 heteroatoms. The van der Waals surface area contributed by atoms with Crippen molar-refractivity contribution in [1.82, 2.24) is 33.6 Å². The van der Waals surface area contributed by atoms with Gasteiger partial charge in [0, 0.05) is 43.4 Å². The second kappa shape index (κ2) is 10.8. The predicted octanol–water partition coefficient (Wildman–Crippen LogP) is 4.55. The van der Waals surface area contributed by atoms with Crippen molar-refractivity contribution < 1.29 is 18.7 Å². The summed E-state index contributed by atoms with van der Waals surface area (Å²) in [5.41, 5.74) is 3.21. The first-order valence-corrected chi connectivity index (χ1v) is 14.1. The van der Waals surface area contributed by atoms with Gasteiger partial charge in [-0.2, -0.15) is 10.2 Å². The average molecular weight is 588 g/mol. The summed E-state index contributed by atoms with van der Waals surface area (Å²) in [6.45, 7) is 8.95. The number of ether oxygens (including phenoxy) is 2. The summed E-state index contributed by atoms with van der Waals surface area (Å²) in [5.74, 6) is 0.161. The number of benzene rings is 2. The Hall–Kier alpha value is -4.71. The number of aryl methyl sites for hydroxylation is 1. The van der Waals surface area contributed by atoms with Crippen LogP contribution in [0.25, 0.3) is 28.1 Å². The van der Waals surface area contributed by atoms with Gasteiger partial charge in [-0.1, -0.05) is 0 Å². The van der Waals surface area contributed by atoms with Crippen LogP contribution in [0.4, 0.5) is 9.18 Å². The SMILES string of the molecule is COCCn1ncc2cc(-n3ccn(-c4c5c(nn4-c4ccc(F)c(C)c4)CCN(C(=O)OC(C)(C)C)C5)c3=O)ccc21. The maximum absolute atomic E-state index is 14.2. The normalized spacial score (nSPS) is 13.5. The Morgan fingerprint density at radius 2 is 1.84 bits per heavy atom. The van der Waals surface area contributed by atoms with Gasteiger partial charge in [0.05, 0.1) is 48.5 Å². The number of methoxy groups -OCH3 is 1. The second-order valence-electron chi connectivity index (χ2n) is 11.7. The fourth-order valence-electron chi connectivity index (χ4n) is 5.34. The van der Waals surface area contributed by atoms with E-state index in [0.29, 0.717) is 48.9 Å². The molecule has 43 heavy (non-hydrogen) atoms. The van der Waals surface area contributed by atoms with Crippen molar-refractivity contribution in [3.63, 3.8) is 0 Å². The lowest BCUT2D eigenvalue weighted by Gasteiger charge is -2.29. The lowest BCUT2D eigenvalue weighted by atomic mass is 10.1. The molecule has 0 unspecified atom stereocenters. The molecule has 0 saturated carbocycles. The molecule has 1 amide bonds. The zero-order valence-corrected chi connectivity index (χ0v) is 24.9. The van der Waals surface area contributed by atoms with Gasteiger partial charge in [-0.15, -0.1) is 0 Å². The number of imidazole rings is 1. The summed E-state index contributed by atoms with van der Waals surface area (Å²) in [7, 11) is 1.65. The Morgan fingerprint density at radius 1 is 1.07 bits per heavy atom. The summed E-state index contributed by atoms with van der Waals surface area (Å²) in [4.78, 5) is 28.6. The highest BCUT2D eigenvalue weighted by atomic mass is 19.1. The van der Waals surface area contributed by atoms with Gasteiger partial charge in [-0.25, -0.2) is 18.7 Å². The van der Waals surface area contributed by atoms with Gasteiger partial charge in [-0.05, 0) is 69.7 Å². The third kappa shape index (κ3) is 5.34. The van der Waals surface area contributed by atoms with Crippen molar-refractivity contribution in [3.8, 4) is 17.2 Å². The van der Waals surface area contributed by atoms with E-state index in [0.717, 1.165) is 22.2 Å². The van der Waals surface area contributed by atoms with Crippen LogP contribution in [0, 0.1) is 12.7 Å². The molecular formula is C31H34FN7O4. The minimum atomic E-state index is -0.647. The smallest absolute Gasteiger partial charge is 0.410 e. The third-order valence-electron chi connectivity index (χ3n) is 7.46. The maximum Gasteiger partial charge on any atom is 0.410 e. The van der Waals surface area contributed by atoms with Gasteiger partial charge in [0.1, 0.15) is 17.2 Å². The number of aromatic nitrogens is 6. The molecule has 0 atom stereocenters. The number of rotatable bonds is 6. The average Bonchev–Trinajstić information content (AvgIpc) is 3.66. The molecule has 2 aromatic carbocycles. The summed E-state index contributed by atoms with van der Waals surface area (Å²) < 4.78 is 31.6. The first-order valence-electron chi connectivity index (χ1n) is 14.1. The van der Waals surface area contributed by atoms with Crippen LogP contribution in [-0.4, -0.2) is 65.6 Å². The predicted molar refractivity (Wildman–Crippen MR) is 159 cm³/mol. The van der Waals surface area contributed by atoms with Gasteiger partial charge >= 0.3 is 11.8 Å². The lowest BCUT2D eigenvalue weighted by Crippen LogP contribution is -2.40. The second-order valence-corrected chi connectivity index (χ2v) is 11.7. The van der Waals surface area contributed by atoms with Crippen molar-refractivity contribution in [2.75, 3.05) is 20.3 Å². The van der Waals surface area contributed by atoms with E-state index in [1.807, 2.05) is 43.7 Å². The number of carbonyl (C=O) groups is 1. The van der Waals surface area contributed by atoms with Crippen molar-refractivity contribution in [3.05, 3.63) is 88.1 Å². The first kappa shape index (κ1) is 28.4. The lowest BCUT2D eigenvalue weighted by molar-refractivity contribution is 0.0223. The minimum Gasteiger partial charge on any atom is -0.444 e. The molecule has 11 nitrogen and oxygen atoms in total. The fourth-order valence-corrected chi connectivity index (χ4v) is 5.34. The van der Waals surface area contributed by atoms with Crippen LogP contribution in [0.1, 0.15) is 37.6 Å². The number of hydrogen-bond donors (Lipinski definition) is 0. The van der Waals surface area contributed by atoms with Crippen LogP contribution in [0.15, 0.2) is 59.8 Å². The van der Waals surface area contributed by atoms with Gasteiger partial charge in [-0.3, -0.25) is 13.8 Å². The summed E-state index contributed by atoms with van der Waals surface area (Å²) in [6, 6.07) is 10.4. The molecule has 5 aromatic rings. The molecule has 6 rings (SSSR count). The van der Waals surface area contributed by atoms with E-state index in [1.54, 1.807) is 58.9 Å². The van der Waals surface area contributed by atoms with Crippen LogP contribution in [0.5, 0.6) is 0 Å². The van der Waals surface area contributed by atoms with Crippen LogP contribution >= 0.6 is 0 Å². The number of halogens is 1. The van der Waals surface area contributed by atoms with E-state index < -0.39 is 11.7 Å². The molecule has 0 saturated heterocycles. The summed E-state index contributed by atoms with van der Waals surface area (Å²) >= 11 is 0. The number of hydrogen-bond acceptors (Lipinski definition) is 6. The van der Waals surface area contributed by atoms with E-state index in [4.69, 9.17) is 14.6 Å². The highest BCUT2D eigenvalue weighted by Gasteiger charge is 2.32. The molecule has 0 bridgehead atoms. The van der Waals surface area contributed by atoms with Crippen molar-refractivity contribution in [2.24, 2.45) is 0 Å². The standard InChI is InChI=1S/C31H34FN7O4/c1-20-16-23(6-8-25(20)32)39-28(24-19-35(11-10-26(24)34-39)30(41)43-31(2,3)4)37-13-12-36(29(37)40)22-7-9-27-21(17-22)18-33-38(27)14-15-42-5/h6-9,12-13,16-18H,10-11,14-15,19H2,1-5H3. The Balaban J connectivity index is 1.44. The highest BCUT2D eigenvalue weighted by Crippen LogP contribution is 2.29. The zero-order valence-electron chi connectivity index (χ0n) is 24.9. The maximum atomic E-state index is 14.2. The van der Waals surface area contributed by atoms with E-state index in [-0.39, 0.29) is 18.1 Å². The van der Waals surface area contributed by atoms with Crippen LogP contribution in [-0.2, 0) is 29.0 Å². The zero-order chi connectivity index (χ0) is 30.5. The Labute approximate surface area is 247 Å². The van der Waals surface area contributed by atoms with Crippen molar-refractivity contribution >= 4 is 17.0 Å². The van der Waals surface area contributed by atoms with Crippen LogP contribution in [0.3, 0.4) is 0 Å². The Kier molecular flexibility index (Phi) is 7.17. The largest absolute Gasteiger partial charge is 0.444 e. The van der Waals surface area contributed by atoms with Crippen LogP contribution in [0.2, 0.25) is 0 Å². The molecule has 224 valence electrons. The van der Waals surface area contributed by atoms with Gasteiger partial charge in [0.2, 0.25) is 0 Å². The Morgan fingerprint density at radius 3 is 2.58 bits per heavy atom. The molecular weight excluding hydrogens is 553 g/mol. The summed E-state index contributed by atoms with van der Waals surface area (Å²) in [6.07, 6.45) is 5.20. The van der Waals surface area contributed by atoms with E-state index in [9.17, 15) is 14.0 Å². The Bertz CT molecular complexity index is 1890. The fraction of sp³-hybridized carbons (Fsp3) is 0.355. The molecule has 1 aliphatic heterocycles. The molecule has 0 spiro atoms. The molecule has 4 heterocycles. The number of nitrogens with zero attached hydrogens (tertiary/aromatic N) is 7. The van der Waals surface area contributed by atoms with Gasteiger partial charge in [0.15, 0.2) is 0 Å². The number of amides is 1. The number of fused-ring (bicyclic) bond motifs is 2. The molecule has 1 aliphatic rings. The molecule has 0 radical (unpaired) electrons. The molecule has 0 fully saturated rings. The highest BCUT2D eigenvalue weighted by molar-refractivity contribution is 5.81. The minimum absolute atomic E-state index is 0.212. The van der Waals surface area contributed by atoms with E-state index in [2.05, 4.69) is 5.10 Å². The molecule has 3 aromatic heterocycles. The third-order valence-corrected chi connectivity index (χ3v) is 7.46. The van der Waals surface area contributed by atoms with Crippen molar-refractivity contribution in [2.45, 2.75) is 52.8 Å². The topological polar surface area (TPSA) is 101 Å². The molecule has 0 N–H and O–H groups in total. The first-order chi connectivity index (χ1) is 20.5. The van der Waals surface area contributed by atoms with E-state index in [1.165, 1.54) is 10.6 Å². The quantitative estimate of drug-likeness (QED) is 0.289. The monoisotopic (exact) mass is 587 g/mol. The van der Waals surface area contributed by atoms with Crippen molar-refractivity contribution in [1.29, 1.82) is 0 Å². The summed E-state index contributed by atoms with van der Waals surface area (Å²) in [5, 5.41) is 10.2. The van der Waals surface area contributed by atoms with Gasteiger partial charge in [0.25, 0.3) is 0 Å².